The van der Waals surface area contributed by atoms with Gasteiger partial charge in [-0.25, -0.2) is 0 Å². The molecule has 0 aliphatic carbocycles. The maximum atomic E-state index is 12.9. The number of para-hydroxylation sites is 1. The van der Waals surface area contributed by atoms with Crippen LogP contribution >= 0.6 is 11.6 Å². The van der Waals surface area contributed by atoms with Crippen molar-refractivity contribution in [2.75, 3.05) is 57.0 Å². The van der Waals surface area contributed by atoms with E-state index in [1.807, 2.05) is 37.3 Å². The zero-order valence-corrected chi connectivity index (χ0v) is 19.0. The van der Waals surface area contributed by atoms with E-state index in [-0.39, 0.29) is 5.91 Å². The molecule has 1 saturated heterocycles. The Morgan fingerprint density at radius 3 is 2.66 bits per heavy atom. The summed E-state index contributed by atoms with van der Waals surface area (Å²) in [7, 11) is 2.14. The fraction of sp³-hybridized carbons (Fsp3) is 0.333. The summed E-state index contributed by atoms with van der Waals surface area (Å²) in [6.45, 7) is 7.47. The van der Waals surface area contributed by atoms with Gasteiger partial charge >= 0.3 is 0 Å². The van der Waals surface area contributed by atoms with Crippen molar-refractivity contribution in [3.63, 3.8) is 0 Å². The monoisotopic (exact) mass is 451 g/mol. The fourth-order valence-corrected chi connectivity index (χ4v) is 4.47. The van der Waals surface area contributed by atoms with Crippen LogP contribution in [0.4, 0.5) is 11.4 Å². The van der Waals surface area contributed by atoms with E-state index in [9.17, 15) is 4.79 Å². The molecule has 0 unspecified atom stereocenters. The van der Waals surface area contributed by atoms with Crippen molar-refractivity contribution in [3.05, 3.63) is 63.8 Å². The average Bonchev–Trinajstić information content (AvgIpc) is 3.29. The molecule has 2 N–H and O–H groups in total. The Kier molecular flexibility index (Phi) is 5.63. The Bertz CT molecular complexity index is 1140. The van der Waals surface area contributed by atoms with Crippen LogP contribution in [0.3, 0.4) is 0 Å². The topological polar surface area (TPSA) is 69.2 Å². The molecule has 3 heterocycles. The molecule has 0 aromatic heterocycles. The quantitative estimate of drug-likeness (QED) is 0.423. The van der Waals surface area contributed by atoms with Crippen LogP contribution in [0.15, 0.2) is 47.3 Å². The number of benzene rings is 2. The summed E-state index contributed by atoms with van der Waals surface area (Å²) in [5.41, 5.74) is 6.12. The Hall–Kier alpha value is -2.87. The van der Waals surface area contributed by atoms with E-state index >= 15 is 0 Å². The van der Waals surface area contributed by atoms with Crippen LogP contribution < -0.4 is 10.6 Å². The highest BCUT2D eigenvalue weighted by atomic mass is 35.5. The third-order valence-corrected chi connectivity index (χ3v) is 6.63. The summed E-state index contributed by atoms with van der Waals surface area (Å²) in [6.07, 6.45) is 0. The number of carbonyl (C=O) groups is 1. The van der Waals surface area contributed by atoms with E-state index < -0.39 is 0 Å². The number of nitrogens with one attached hydrogen (secondary N) is 2. The van der Waals surface area contributed by atoms with Gasteiger partial charge in [-0.3, -0.25) is 9.69 Å². The molecule has 1 amide bonds. The number of nitrogens with zero attached hydrogens (tertiary/aromatic N) is 3. The van der Waals surface area contributed by atoms with Crippen LogP contribution in [0, 0.1) is 6.92 Å². The Labute approximate surface area is 192 Å². The van der Waals surface area contributed by atoms with Gasteiger partial charge in [0.1, 0.15) is 12.3 Å². The van der Waals surface area contributed by atoms with E-state index in [2.05, 4.69) is 32.6 Å². The molecular formula is C24H26ClN5O2. The number of hydrogen-bond donors (Lipinski definition) is 2. The number of allylic oxidation sites excluding steroid dienone is 1. The van der Waals surface area contributed by atoms with E-state index in [0.717, 1.165) is 55.1 Å². The molecule has 0 radical (unpaired) electrons. The van der Waals surface area contributed by atoms with Crippen LogP contribution in [-0.4, -0.2) is 67.8 Å². The van der Waals surface area contributed by atoms with E-state index in [1.165, 1.54) is 0 Å². The maximum Gasteiger partial charge on any atom is 0.258 e. The smallest absolute Gasteiger partial charge is 0.258 e. The summed E-state index contributed by atoms with van der Waals surface area (Å²) in [6, 6.07) is 11.6. The molecule has 2 aromatic rings. The fourth-order valence-electron chi connectivity index (χ4n) is 4.30. The van der Waals surface area contributed by atoms with Crippen LogP contribution in [0.1, 0.15) is 16.7 Å². The van der Waals surface area contributed by atoms with Crippen LogP contribution in [-0.2, 0) is 9.63 Å². The van der Waals surface area contributed by atoms with Crippen LogP contribution in [0.2, 0.25) is 5.02 Å². The molecule has 0 spiro atoms. The van der Waals surface area contributed by atoms with Gasteiger partial charge < -0.3 is 20.4 Å². The first-order chi connectivity index (χ1) is 15.5. The molecule has 3 aliphatic rings. The number of aryl methyl sites for hydroxylation is 1. The van der Waals surface area contributed by atoms with Crippen molar-refractivity contribution >= 4 is 40.2 Å². The lowest BCUT2D eigenvalue weighted by molar-refractivity contribution is -0.110. The van der Waals surface area contributed by atoms with E-state index in [1.54, 1.807) is 6.07 Å². The number of halogens is 1. The maximum absolute atomic E-state index is 12.9. The number of carbonyl (C=O) groups excluding carboxylic acids is 1. The van der Waals surface area contributed by atoms with Crippen LogP contribution in [0.25, 0.3) is 5.57 Å². The van der Waals surface area contributed by atoms with E-state index in [0.29, 0.717) is 34.3 Å². The lowest BCUT2D eigenvalue weighted by Gasteiger charge is -2.31. The number of hydrogen-bond acceptors (Lipinski definition) is 6. The highest BCUT2D eigenvalue weighted by molar-refractivity contribution is 6.40. The van der Waals surface area contributed by atoms with Gasteiger partial charge in [-0.05, 0) is 37.7 Å². The number of anilines is 2. The Balaban J connectivity index is 1.44. The molecule has 32 heavy (non-hydrogen) atoms. The van der Waals surface area contributed by atoms with Crippen molar-refractivity contribution < 1.29 is 9.63 Å². The first-order valence-corrected chi connectivity index (χ1v) is 11.2. The third-order valence-electron chi connectivity index (χ3n) is 6.22. The molecule has 2 aromatic carbocycles. The highest BCUT2D eigenvalue weighted by Gasteiger charge is 2.34. The largest absolute Gasteiger partial charge is 0.394 e. The molecule has 0 saturated carbocycles. The minimum absolute atomic E-state index is 0.179. The molecule has 8 heteroatoms. The summed E-state index contributed by atoms with van der Waals surface area (Å²) in [5, 5.41) is 11.4. The van der Waals surface area contributed by atoms with Crippen molar-refractivity contribution in [1.82, 2.24) is 9.80 Å². The van der Waals surface area contributed by atoms with Gasteiger partial charge in [-0.2, -0.15) is 0 Å². The molecule has 5 rings (SSSR count). The molecule has 166 valence electrons. The lowest BCUT2D eigenvalue weighted by atomic mass is 10.00. The number of amides is 1. The molecule has 0 atom stereocenters. The van der Waals surface area contributed by atoms with Gasteiger partial charge in [0.25, 0.3) is 5.91 Å². The predicted octanol–water partition coefficient (Wildman–Crippen LogP) is 3.41. The lowest BCUT2D eigenvalue weighted by Crippen LogP contribution is -2.45. The summed E-state index contributed by atoms with van der Waals surface area (Å²) >= 11 is 6.27. The average molecular weight is 452 g/mol. The van der Waals surface area contributed by atoms with Gasteiger partial charge in [0.05, 0.1) is 17.0 Å². The standard InChI is InChI=1S/C24H26ClN5O2/c1-15-13-17-20(14-18(15)25)27-24(31)21(17)23-22(16-5-3-4-6-19(16)26-23)28-32-12-11-30-9-7-29(2)8-10-30/h3-6,13-14,26H,7-12H2,1-2H3,(H,27,31)/b23-21-,28-22+. The first-order valence-electron chi connectivity index (χ1n) is 10.8. The van der Waals surface area contributed by atoms with Gasteiger partial charge in [-0.15, -0.1) is 0 Å². The number of fused-ring (bicyclic) bond motifs is 2. The first kappa shape index (κ1) is 21.0. The van der Waals surface area contributed by atoms with E-state index in [4.69, 9.17) is 16.4 Å². The number of rotatable bonds is 4. The number of likely N-dealkylation sites (N-methyl/N-ethyl adjacent to an activating group) is 1. The highest BCUT2D eigenvalue weighted by Crippen LogP contribution is 2.40. The Morgan fingerprint density at radius 1 is 1.06 bits per heavy atom. The summed E-state index contributed by atoms with van der Waals surface area (Å²) in [5.74, 6) is -0.179. The van der Waals surface area contributed by atoms with Gasteiger partial charge in [0, 0.05) is 54.6 Å². The summed E-state index contributed by atoms with van der Waals surface area (Å²) < 4.78 is 0. The van der Waals surface area contributed by atoms with Gasteiger partial charge in [0.2, 0.25) is 0 Å². The van der Waals surface area contributed by atoms with Crippen molar-refractivity contribution in [3.8, 4) is 0 Å². The number of oxime groups is 1. The normalized spacial score (nSPS) is 22.0. The zero-order chi connectivity index (χ0) is 22.2. The molecule has 3 aliphatic heterocycles. The zero-order valence-electron chi connectivity index (χ0n) is 18.2. The van der Waals surface area contributed by atoms with Crippen molar-refractivity contribution in [1.29, 1.82) is 0 Å². The number of piperazine rings is 1. The predicted molar refractivity (Wildman–Crippen MR) is 128 cm³/mol. The SMILES string of the molecule is Cc1cc2c(cc1Cl)NC(=O)/C2=C1\Nc2ccccc2\C1=N/OCCN1CCN(C)CC1. The minimum Gasteiger partial charge on any atom is -0.394 e. The van der Waals surface area contributed by atoms with Gasteiger partial charge in [0.15, 0.2) is 0 Å². The molecule has 0 bridgehead atoms. The Morgan fingerprint density at radius 2 is 1.84 bits per heavy atom. The molecular weight excluding hydrogens is 426 g/mol. The van der Waals surface area contributed by atoms with Crippen molar-refractivity contribution in [2.45, 2.75) is 6.92 Å². The summed E-state index contributed by atoms with van der Waals surface area (Å²) in [4.78, 5) is 23.4. The second-order valence-electron chi connectivity index (χ2n) is 8.44. The van der Waals surface area contributed by atoms with Crippen molar-refractivity contribution in [2.24, 2.45) is 5.16 Å². The van der Waals surface area contributed by atoms with Crippen LogP contribution in [0.5, 0.6) is 0 Å². The third kappa shape index (κ3) is 3.88. The van der Waals surface area contributed by atoms with Gasteiger partial charge in [-0.1, -0.05) is 35.0 Å². The molecule has 7 nitrogen and oxygen atoms in total. The minimum atomic E-state index is -0.179. The second-order valence-corrected chi connectivity index (χ2v) is 8.85. The second kappa shape index (κ2) is 8.58. The molecule has 1 fully saturated rings.